The first-order chi connectivity index (χ1) is 12.9. The maximum Gasteiger partial charge on any atom is 0.319 e. The molecular formula is C22H33N3O2. The number of carbonyl (C=O) groups excluding carboxylic acids is 2. The van der Waals surface area contributed by atoms with Crippen molar-refractivity contribution in [3.8, 4) is 0 Å². The number of benzene rings is 1. The number of nitrogens with zero attached hydrogens (tertiary/aromatic N) is 1. The molecule has 1 aliphatic heterocycles. The van der Waals surface area contributed by atoms with Gasteiger partial charge in [0.2, 0.25) is 0 Å². The van der Waals surface area contributed by atoms with E-state index in [0.717, 1.165) is 43.6 Å². The van der Waals surface area contributed by atoms with Gasteiger partial charge in [-0.05, 0) is 68.2 Å². The van der Waals surface area contributed by atoms with E-state index in [9.17, 15) is 9.59 Å². The fourth-order valence-electron chi connectivity index (χ4n) is 4.19. The van der Waals surface area contributed by atoms with Gasteiger partial charge in [-0.1, -0.05) is 26.7 Å². The molecule has 1 aromatic rings. The second-order valence-corrected chi connectivity index (χ2v) is 8.47. The van der Waals surface area contributed by atoms with Gasteiger partial charge in [0, 0.05) is 30.4 Å². The average molecular weight is 372 g/mol. The maximum atomic E-state index is 12.7. The molecule has 0 bridgehead atoms. The third-order valence-corrected chi connectivity index (χ3v) is 6.22. The number of aryl methyl sites for hydroxylation is 1. The summed E-state index contributed by atoms with van der Waals surface area (Å²) in [4.78, 5) is 27.0. The second kappa shape index (κ2) is 8.77. The summed E-state index contributed by atoms with van der Waals surface area (Å²) < 4.78 is 0. The van der Waals surface area contributed by atoms with Crippen LogP contribution in [-0.4, -0.2) is 36.0 Å². The van der Waals surface area contributed by atoms with E-state index in [1.165, 1.54) is 19.3 Å². The van der Waals surface area contributed by atoms with Gasteiger partial charge in [-0.15, -0.1) is 0 Å². The van der Waals surface area contributed by atoms with Crippen LogP contribution >= 0.6 is 0 Å². The van der Waals surface area contributed by atoms with Crippen molar-refractivity contribution in [1.82, 2.24) is 10.2 Å². The molecule has 1 aromatic carbocycles. The first-order valence-corrected chi connectivity index (χ1v) is 10.4. The Balaban J connectivity index is 1.59. The van der Waals surface area contributed by atoms with Crippen molar-refractivity contribution in [1.29, 1.82) is 0 Å². The number of rotatable bonds is 3. The molecule has 1 saturated carbocycles. The van der Waals surface area contributed by atoms with E-state index in [-0.39, 0.29) is 18.0 Å². The molecule has 5 nitrogen and oxygen atoms in total. The summed E-state index contributed by atoms with van der Waals surface area (Å²) in [5.74, 6) is 1.32. The summed E-state index contributed by atoms with van der Waals surface area (Å²) in [6, 6.07) is 5.66. The Kier molecular flexibility index (Phi) is 6.40. The first-order valence-electron chi connectivity index (χ1n) is 10.4. The van der Waals surface area contributed by atoms with Gasteiger partial charge in [0.15, 0.2) is 0 Å². The van der Waals surface area contributed by atoms with E-state index in [4.69, 9.17) is 0 Å². The van der Waals surface area contributed by atoms with Gasteiger partial charge in [0.1, 0.15) is 0 Å². The highest BCUT2D eigenvalue weighted by molar-refractivity contribution is 5.96. The number of carbonyl (C=O) groups is 2. The van der Waals surface area contributed by atoms with Crippen LogP contribution in [0.2, 0.25) is 0 Å². The van der Waals surface area contributed by atoms with Gasteiger partial charge >= 0.3 is 6.03 Å². The number of hydrogen-bond donors (Lipinski definition) is 2. The summed E-state index contributed by atoms with van der Waals surface area (Å²) in [7, 11) is 0. The predicted octanol–water partition coefficient (Wildman–Crippen LogP) is 4.57. The molecule has 3 amide bonds. The fraction of sp³-hybridized carbons (Fsp3) is 0.636. The molecule has 2 fully saturated rings. The summed E-state index contributed by atoms with van der Waals surface area (Å²) in [5, 5.41) is 6.07. The number of nitrogens with one attached hydrogen (secondary N) is 2. The quantitative estimate of drug-likeness (QED) is 0.818. The van der Waals surface area contributed by atoms with Gasteiger partial charge in [-0.3, -0.25) is 4.79 Å². The van der Waals surface area contributed by atoms with Crippen LogP contribution in [0.3, 0.4) is 0 Å². The van der Waals surface area contributed by atoms with Crippen LogP contribution in [0.5, 0.6) is 0 Å². The highest BCUT2D eigenvalue weighted by Crippen LogP contribution is 2.24. The minimum Gasteiger partial charge on any atom is -0.339 e. The Labute approximate surface area is 162 Å². The minimum atomic E-state index is -0.152. The zero-order valence-electron chi connectivity index (χ0n) is 16.9. The molecule has 1 heterocycles. The van der Waals surface area contributed by atoms with Gasteiger partial charge < -0.3 is 15.5 Å². The minimum absolute atomic E-state index is 0.0945. The van der Waals surface area contributed by atoms with Gasteiger partial charge in [0.25, 0.3) is 5.91 Å². The highest BCUT2D eigenvalue weighted by Gasteiger charge is 2.24. The van der Waals surface area contributed by atoms with Gasteiger partial charge in [-0.25, -0.2) is 4.79 Å². The molecule has 5 heteroatoms. The Hall–Kier alpha value is -2.04. The van der Waals surface area contributed by atoms with Crippen LogP contribution in [0.4, 0.5) is 10.5 Å². The zero-order valence-corrected chi connectivity index (χ0v) is 16.9. The molecule has 2 N–H and O–H groups in total. The van der Waals surface area contributed by atoms with E-state index in [2.05, 4.69) is 24.5 Å². The van der Waals surface area contributed by atoms with Crippen LogP contribution in [0, 0.1) is 18.8 Å². The number of likely N-dealkylation sites (tertiary alicyclic amines) is 1. The lowest BCUT2D eigenvalue weighted by Crippen LogP contribution is -2.43. The van der Waals surface area contributed by atoms with Crippen molar-refractivity contribution in [3.63, 3.8) is 0 Å². The number of anilines is 1. The molecule has 1 saturated heterocycles. The smallest absolute Gasteiger partial charge is 0.319 e. The SMILES string of the molecule is Cc1cc(C(=O)N2CCC(C)CC2)ccc1NC(=O)NC1CCCCC1C. The van der Waals surface area contributed by atoms with E-state index < -0.39 is 0 Å². The van der Waals surface area contributed by atoms with Crippen molar-refractivity contribution in [3.05, 3.63) is 29.3 Å². The van der Waals surface area contributed by atoms with E-state index in [1.807, 2.05) is 30.0 Å². The van der Waals surface area contributed by atoms with Gasteiger partial charge in [0.05, 0.1) is 0 Å². The number of piperidine rings is 1. The molecule has 0 radical (unpaired) electrons. The van der Waals surface area contributed by atoms with Crippen molar-refractivity contribution in [2.24, 2.45) is 11.8 Å². The Morgan fingerprint density at radius 3 is 2.41 bits per heavy atom. The monoisotopic (exact) mass is 371 g/mol. The predicted molar refractivity (Wildman–Crippen MR) is 109 cm³/mol. The lowest BCUT2D eigenvalue weighted by Gasteiger charge is -2.30. The molecule has 2 atom stereocenters. The summed E-state index contributed by atoms with van der Waals surface area (Å²) >= 11 is 0. The molecule has 2 unspecified atom stereocenters. The topological polar surface area (TPSA) is 61.4 Å². The Morgan fingerprint density at radius 2 is 1.74 bits per heavy atom. The summed E-state index contributed by atoms with van der Waals surface area (Å²) in [6.07, 6.45) is 6.81. The van der Waals surface area contributed by atoms with Crippen molar-refractivity contribution < 1.29 is 9.59 Å². The standard InChI is InChI=1S/C22H33N3O2/c1-15-10-12-25(13-11-15)21(26)18-8-9-20(17(3)14-18)24-22(27)23-19-7-5-4-6-16(19)2/h8-9,14-16,19H,4-7,10-13H2,1-3H3,(H2,23,24,27). The molecule has 0 aromatic heterocycles. The van der Waals surface area contributed by atoms with Crippen LogP contribution in [0.1, 0.15) is 68.3 Å². The van der Waals surface area contributed by atoms with Crippen LogP contribution in [-0.2, 0) is 0 Å². The molecule has 27 heavy (non-hydrogen) atoms. The Bertz CT molecular complexity index is 680. The normalized spacial score (nSPS) is 23.7. The van der Waals surface area contributed by atoms with Crippen molar-refractivity contribution in [2.45, 2.75) is 65.3 Å². The molecule has 1 aliphatic carbocycles. The summed E-state index contributed by atoms with van der Waals surface area (Å²) in [6.45, 7) is 8.05. The highest BCUT2D eigenvalue weighted by atomic mass is 16.2. The number of hydrogen-bond acceptors (Lipinski definition) is 2. The molecule has 0 spiro atoms. The molecule has 148 valence electrons. The van der Waals surface area contributed by atoms with Crippen LogP contribution in [0.15, 0.2) is 18.2 Å². The van der Waals surface area contributed by atoms with Crippen LogP contribution in [0.25, 0.3) is 0 Å². The lowest BCUT2D eigenvalue weighted by atomic mass is 9.86. The van der Waals surface area contributed by atoms with Crippen molar-refractivity contribution in [2.75, 3.05) is 18.4 Å². The lowest BCUT2D eigenvalue weighted by molar-refractivity contribution is 0.0697. The largest absolute Gasteiger partial charge is 0.339 e. The van der Waals surface area contributed by atoms with Crippen LogP contribution < -0.4 is 10.6 Å². The number of urea groups is 1. The fourth-order valence-corrected chi connectivity index (χ4v) is 4.19. The molecule has 2 aliphatic rings. The molecule has 3 rings (SSSR count). The summed E-state index contributed by atoms with van der Waals surface area (Å²) in [5.41, 5.74) is 2.38. The van der Waals surface area contributed by atoms with E-state index in [0.29, 0.717) is 17.4 Å². The average Bonchev–Trinajstić information content (AvgIpc) is 2.65. The third-order valence-electron chi connectivity index (χ3n) is 6.22. The maximum absolute atomic E-state index is 12.7. The van der Waals surface area contributed by atoms with Crippen molar-refractivity contribution >= 4 is 17.6 Å². The molecular weight excluding hydrogens is 338 g/mol. The third kappa shape index (κ3) is 5.02. The zero-order chi connectivity index (χ0) is 19.4. The van der Waals surface area contributed by atoms with E-state index in [1.54, 1.807) is 0 Å². The second-order valence-electron chi connectivity index (χ2n) is 8.47. The Morgan fingerprint density at radius 1 is 1.04 bits per heavy atom. The van der Waals surface area contributed by atoms with Gasteiger partial charge in [-0.2, -0.15) is 0 Å². The number of amides is 3. The van der Waals surface area contributed by atoms with E-state index >= 15 is 0 Å². The first kappa shape index (κ1) is 19.7.